The van der Waals surface area contributed by atoms with Crippen molar-refractivity contribution in [1.29, 1.82) is 0 Å². The molecule has 2 fully saturated rings. The van der Waals surface area contributed by atoms with E-state index in [-0.39, 0.29) is 5.54 Å². The molecule has 0 aromatic carbocycles. The Morgan fingerprint density at radius 1 is 1.16 bits per heavy atom. The highest BCUT2D eigenvalue weighted by Crippen LogP contribution is 2.41. The van der Waals surface area contributed by atoms with Gasteiger partial charge in [-0.1, -0.05) is 26.7 Å². The summed E-state index contributed by atoms with van der Waals surface area (Å²) in [6.07, 6.45) is 4.04. The van der Waals surface area contributed by atoms with Crippen LogP contribution in [0.2, 0.25) is 0 Å². The molecule has 2 aliphatic rings. The Labute approximate surface area is 119 Å². The average Bonchev–Trinajstić information content (AvgIpc) is 2.42. The predicted molar refractivity (Wildman–Crippen MR) is 82.2 cm³/mol. The topological polar surface area (TPSA) is 32.5 Å². The minimum Gasteiger partial charge on any atom is -0.329 e. The molecule has 0 bridgehead atoms. The van der Waals surface area contributed by atoms with Crippen molar-refractivity contribution in [2.75, 3.05) is 32.7 Å². The molecule has 1 aliphatic carbocycles. The highest BCUT2D eigenvalue weighted by molar-refractivity contribution is 5.01. The quantitative estimate of drug-likeness (QED) is 0.850. The second-order valence-electron chi connectivity index (χ2n) is 7.08. The molecule has 3 nitrogen and oxygen atoms in total. The summed E-state index contributed by atoms with van der Waals surface area (Å²) < 4.78 is 0. The smallest absolute Gasteiger partial charge is 0.0360 e. The van der Waals surface area contributed by atoms with Crippen LogP contribution in [0.5, 0.6) is 0 Å². The fourth-order valence-electron chi connectivity index (χ4n) is 4.28. The van der Waals surface area contributed by atoms with Crippen molar-refractivity contribution < 1.29 is 0 Å². The first-order valence-corrected chi connectivity index (χ1v) is 8.20. The Bertz CT molecular complexity index is 284. The lowest BCUT2D eigenvalue weighted by molar-refractivity contribution is -0.0412. The molecule has 0 spiro atoms. The van der Waals surface area contributed by atoms with E-state index >= 15 is 0 Å². The molecule has 1 aliphatic heterocycles. The lowest BCUT2D eigenvalue weighted by atomic mass is 9.67. The first-order valence-electron chi connectivity index (χ1n) is 8.20. The van der Waals surface area contributed by atoms with Crippen molar-refractivity contribution in [2.45, 2.75) is 58.5 Å². The van der Waals surface area contributed by atoms with Gasteiger partial charge in [0.1, 0.15) is 0 Å². The molecule has 1 saturated heterocycles. The number of hydrogen-bond acceptors (Lipinski definition) is 3. The summed E-state index contributed by atoms with van der Waals surface area (Å²) in [6.45, 7) is 15.1. The standard InChI is InChI=1S/C16H33N3/c1-13(2)18-8-10-19(11-9-18)16(12-17)7-5-6-14(3)15(16)4/h13-15H,5-12,17H2,1-4H3. The highest BCUT2D eigenvalue weighted by atomic mass is 15.3. The molecule has 3 heteroatoms. The average molecular weight is 267 g/mol. The van der Waals surface area contributed by atoms with Crippen LogP contribution in [0.15, 0.2) is 0 Å². The molecule has 0 aromatic rings. The van der Waals surface area contributed by atoms with Crippen LogP contribution < -0.4 is 5.73 Å². The molecule has 2 N–H and O–H groups in total. The maximum Gasteiger partial charge on any atom is 0.0360 e. The fraction of sp³-hybridized carbons (Fsp3) is 1.00. The van der Waals surface area contributed by atoms with Crippen molar-refractivity contribution >= 4 is 0 Å². The third kappa shape index (κ3) is 2.84. The summed E-state index contributed by atoms with van der Waals surface area (Å²) in [5.74, 6) is 1.55. The summed E-state index contributed by atoms with van der Waals surface area (Å²) in [7, 11) is 0. The maximum absolute atomic E-state index is 6.26. The van der Waals surface area contributed by atoms with Crippen molar-refractivity contribution in [2.24, 2.45) is 17.6 Å². The third-order valence-corrected chi connectivity index (χ3v) is 6.00. The lowest BCUT2D eigenvalue weighted by Gasteiger charge is -2.54. The van der Waals surface area contributed by atoms with Gasteiger partial charge in [0.2, 0.25) is 0 Å². The molecular formula is C16H33N3. The zero-order chi connectivity index (χ0) is 14.0. The normalized spacial score (nSPS) is 38.8. The molecule has 1 saturated carbocycles. The van der Waals surface area contributed by atoms with E-state index in [1.165, 1.54) is 45.4 Å². The van der Waals surface area contributed by atoms with Crippen LogP contribution >= 0.6 is 0 Å². The van der Waals surface area contributed by atoms with Gasteiger partial charge in [-0.2, -0.15) is 0 Å². The molecule has 1 heterocycles. The molecule has 2 rings (SSSR count). The minimum absolute atomic E-state index is 0.279. The Balaban J connectivity index is 2.06. The van der Waals surface area contributed by atoms with Crippen molar-refractivity contribution in [3.05, 3.63) is 0 Å². The summed E-state index contributed by atoms with van der Waals surface area (Å²) in [5.41, 5.74) is 6.54. The Morgan fingerprint density at radius 2 is 1.79 bits per heavy atom. The lowest BCUT2D eigenvalue weighted by Crippen LogP contribution is -2.65. The first-order chi connectivity index (χ1) is 9.01. The summed E-state index contributed by atoms with van der Waals surface area (Å²) in [5, 5.41) is 0. The fourth-order valence-corrected chi connectivity index (χ4v) is 4.28. The van der Waals surface area contributed by atoms with Crippen LogP contribution in [0.25, 0.3) is 0 Å². The van der Waals surface area contributed by atoms with Gasteiger partial charge in [0.15, 0.2) is 0 Å². The van der Waals surface area contributed by atoms with Crippen LogP contribution in [-0.4, -0.2) is 54.1 Å². The van der Waals surface area contributed by atoms with Gasteiger partial charge in [-0.05, 0) is 32.1 Å². The van der Waals surface area contributed by atoms with Crippen LogP contribution in [0.4, 0.5) is 0 Å². The predicted octanol–water partition coefficient (Wildman–Crippen LogP) is 2.17. The summed E-state index contributed by atoms with van der Waals surface area (Å²) >= 11 is 0. The number of rotatable bonds is 3. The molecule has 3 atom stereocenters. The van der Waals surface area contributed by atoms with E-state index in [0.29, 0.717) is 6.04 Å². The minimum atomic E-state index is 0.279. The number of nitrogens with zero attached hydrogens (tertiary/aromatic N) is 2. The second kappa shape index (κ2) is 6.11. The van der Waals surface area contributed by atoms with E-state index < -0.39 is 0 Å². The van der Waals surface area contributed by atoms with Crippen molar-refractivity contribution in [3.63, 3.8) is 0 Å². The van der Waals surface area contributed by atoms with Gasteiger partial charge in [-0.3, -0.25) is 9.80 Å². The van der Waals surface area contributed by atoms with Crippen LogP contribution in [0, 0.1) is 11.8 Å². The highest BCUT2D eigenvalue weighted by Gasteiger charge is 2.45. The molecule has 0 amide bonds. The van der Waals surface area contributed by atoms with Gasteiger partial charge in [0.05, 0.1) is 0 Å². The molecule has 0 aromatic heterocycles. The van der Waals surface area contributed by atoms with Crippen molar-refractivity contribution in [3.8, 4) is 0 Å². The van der Waals surface area contributed by atoms with Gasteiger partial charge in [0, 0.05) is 44.3 Å². The summed E-state index contributed by atoms with van der Waals surface area (Å²) in [6, 6.07) is 0.679. The number of nitrogens with two attached hydrogens (primary N) is 1. The largest absolute Gasteiger partial charge is 0.329 e. The summed E-state index contributed by atoms with van der Waals surface area (Å²) in [4.78, 5) is 5.32. The molecular weight excluding hydrogens is 234 g/mol. The third-order valence-electron chi connectivity index (χ3n) is 6.00. The first kappa shape index (κ1) is 15.3. The van der Waals surface area contributed by atoms with E-state index in [0.717, 1.165) is 18.4 Å². The van der Waals surface area contributed by atoms with E-state index in [1.807, 2.05) is 0 Å². The maximum atomic E-state index is 6.26. The van der Waals surface area contributed by atoms with Crippen molar-refractivity contribution in [1.82, 2.24) is 9.80 Å². The van der Waals surface area contributed by atoms with Gasteiger partial charge in [0.25, 0.3) is 0 Å². The Morgan fingerprint density at radius 3 is 2.32 bits per heavy atom. The van der Waals surface area contributed by atoms with E-state index in [1.54, 1.807) is 0 Å². The van der Waals surface area contributed by atoms with E-state index in [2.05, 4.69) is 37.5 Å². The SMILES string of the molecule is CC1CCCC(CN)(N2CCN(C(C)C)CC2)C1C. The van der Waals surface area contributed by atoms with Crippen LogP contribution in [0.3, 0.4) is 0 Å². The number of piperazine rings is 1. The molecule has 112 valence electrons. The van der Waals surface area contributed by atoms with Crippen LogP contribution in [0.1, 0.15) is 47.0 Å². The van der Waals surface area contributed by atoms with E-state index in [4.69, 9.17) is 5.73 Å². The Hall–Kier alpha value is -0.120. The van der Waals surface area contributed by atoms with Gasteiger partial charge in [-0.25, -0.2) is 0 Å². The monoisotopic (exact) mass is 267 g/mol. The van der Waals surface area contributed by atoms with Crippen LogP contribution in [-0.2, 0) is 0 Å². The molecule has 19 heavy (non-hydrogen) atoms. The Kier molecular flexibility index (Phi) is 4.91. The molecule has 3 unspecified atom stereocenters. The van der Waals surface area contributed by atoms with Gasteiger partial charge < -0.3 is 5.73 Å². The van der Waals surface area contributed by atoms with Gasteiger partial charge in [-0.15, -0.1) is 0 Å². The zero-order valence-electron chi connectivity index (χ0n) is 13.4. The van der Waals surface area contributed by atoms with E-state index in [9.17, 15) is 0 Å². The second-order valence-corrected chi connectivity index (χ2v) is 7.08. The van der Waals surface area contributed by atoms with Gasteiger partial charge >= 0.3 is 0 Å². The number of hydrogen-bond donors (Lipinski definition) is 1. The molecule has 0 radical (unpaired) electrons. The zero-order valence-corrected chi connectivity index (χ0v) is 13.4.